The van der Waals surface area contributed by atoms with E-state index in [-0.39, 0.29) is 11.6 Å². The average Bonchev–Trinajstić information content (AvgIpc) is 3.13. The summed E-state index contributed by atoms with van der Waals surface area (Å²) in [4.78, 5) is 28.4. The van der Waals surface area contributed by atoms with Crippen molar-refractivity contribution in [1.29, 1.82) is 0 Å². The number of amides is 1. The minimum atomic E-state index is -0.328. The van der Waals surface area contributed by atoms with Crippen molar-refractivity contribution in [2.75, 3.05) is 57.8 Å². The van der Waals surface area contributed by atoms with Gasteiger partial charge in [0.1, 0.15) is 16.9 Å². The molecule has 0 atom stereocenters. The van der Waals surface area contributed by atoms with Crippen LogP contribution in [0.1, 0.15) is 23.0 Å². The molecule has 0 unspecified atom stereocenters. The predicted octanol–water partition coefficient (Wildman–Crippen LogP) is 1.75. The lowest BCUT2D eigenvalue weighted by molar-refractivity contribution is 0.0931. The minimum absolute atomic E-state index is 0.221. The van der Waals surface area contributed by atoms with E-state index in [0.29, 0.717) is 61.5 Å². The van der Waals surface area contributed by atoms with E-state index in [0.717, 1.165) is 5.56 Å². The lowest BCUT2D eigenvalue weighted by atomic mass is 10.3. The molecular weight excluding hydrogens is 412 g/mol. The van der Waals surface area contributed by atoms with Crippen molar-refractivity contribution in [3.63, 3.8) is 0 Å². The predicted molar refractivity (Wildman–Crippen MR) is 123 cm³/mol. The van der Waals surface area contributed by atoms with Crippen molar-refractivity contribution in [1.82, 2.24) is 30.0 Å². The monoisotopic (exact) mass is 442 g/mol. The molecule has 0 aromatic carbocycles. The van der Waals surface area contributed by atoms with Crippen LogP contribution in [0.3, 0.4) is 0 Å². The fourth-order valence-corrected chi connectivity index (χ4v) is 3.04. The highest BCUT2D eigenvalue weighted by Gasteiger charge is 2.24. The fourth-order valence-electron chi connectivity index (χ4n) is 3.04. The number of aryl methyl sites for hydroxylation is 1. The van der Waals surface area contributed by atoms with Crippen LogP contribution in [0.4, 0.5) is 17.6 Å². The molecule has 0 radical (unpaired) electrons. The van der Waals surface area contributed by atoms with E-state index < -0.39 is 0 Å². The molecule has 0 saturated carbocycles. The van der Waals surface area contributed by atoms with Crippen molar-refractivity contribution in [3.8, 4) is 0 Å². The number of pyridine rings is 1. The molecule has 11 nitrogen and oxygen atoms in total. The number of aromatic nitrogens is 5. The molecule has 0 saturated heterocycles. The number of nitrogens with one attached hydrogen (secondary N) is 2. The second kappa shape index (κ2) is 10.8. The second-order valence-electron chi connectivity index (χ2n) is 7.32. The molecule has 3 heterocycles. The van der Waals surface area contributed by atoms with Gasteiger partial charge in [-0.25, -0.2) is 9.97 Å². The molecule has 0 fully saturated rings. The van der Waals surface area contributed by atoms with Crippen LogP contribution in [0.25, 0.3) is 11.0 Å². The molecule has 172 valence electrons. The normalized spacial score (nSPS) is 11.0. The molecule has 32 heavy (non-hydrogen) atoms. The number of hydrogen-bond acceptors (Lipinski definition) is 9. The summed E-state index contributed by atoms with van der Waals surface area (Å²) in [6, 6.07) is 3.84. The van der Waals surface area contributed by atoms with Crippen molar-refractivity contribution >= 4 is 34.5 Å². The van der Waals surface area contributed by atoms with Crippen molar-refractivity contribution in [3.05, 3.63) is 29.6 Å². The summed E-state index contributed by atoms with van der Waals surface area (Å²) in [6.45, 7) is 6.15. The first kappa shape index (κ1) is 23.4. The zero-order valence-corrected chi connectivity index (χ0v) is 19.2. The Bertz CT molecular complexity index is 1070. The van der Waals surface area contributed by atoms with Crippen LogP contribution >= 0.6 is 0 Å². The Morgan fingerprint density at radius 3 is 2.75 bits per heavy atom. The number of carbonyl (C=O) groups is 1. The Labute approximate surface area is 187 Å². The Kier molecular flexibility index (Phi) is 7.90. The van der Waals surface area contributed by atoms with Gasteiger partial charge in [0.05, 0.1) is 19.8 Å². The molecule has 0 aliphatic carbocycles. The van der Waals surface area contributed by atoms with Gasteiger partial charge in [-0.1, -0.05) is 0 Å². The summed E-state index contributed by atoms with van der Waals surface area (Å²) in [6.07, 6.45) is 1.73. The fraction of sp³-hybridized carbons (Fsp3) is 0.476. The zero-order valence-electron chi connectivity index (χ0n) is 19.2. The van der Waals surface area contributed by atoms with E-state index in [1.165, 1.54) is 0 Å². The molecule has 1 amide bonds. The van der Waals surface area contributed by atoms with E-state index in [2.05, 4.69) is 30.7 Å². The van der Waals surface area contributed by atoms with E-state index in [1.807, 2.05) is 40.1 Å². The summed E-state index contributed by atoms with van der Waals surface area (Å²) in [5, 5.41) is 10.7. The summed E-state index contributed by atoms with van der Waals surface area (Å²) in [5.74, 6) is 1.27. The first-order valence-corrected chi connectivity index (χ1v) is 10.4. The van der Waals surface area contributed by atoms with Crippen LogP contribution in [0.15, 0.2) is 18.3 Å². The van der Waals surface area contributed by atoms with Crippen LogP contribution in [0.2, 0.25) is 0 Å². The van der Waals surface area contributed by atoms with E-state index >= 15 is 0 Å². The van der Waals surface area contributed by atoms with Crippen molar-refractivity contribution in [2.45, 2.75) is 20.4 Å². The number of hydrogen-bond donors (Lipinski definition) is 2. The highest BCUT2D eigenvalue weighted by Crippen LogP contribution is 2.28. The van der Waals surface area contributed by atoms with E-state index in [1.54, 1.807) is 22.9 Å². The van der Waals surface area contributed by atoms with Gasteiger partial charge in [-0.3, -0.25) is 9.48 Å². The van der Waals surface area contributed by atoms with Crippen LogP contribution in [-0.2, 0) is 16.0 Å². The molecule has 3 aromatic rings. The Morgan fingerprint density at radius 2 is 2.06 bits per heavy atom. The average molecular weight is 443 g/mol. The summed E-state index contributed by atoms with van der Waals surface area (Å²) in [7, 11) is 5.26. The number of anilines is 3. The number of ether oxygens (including phenoxy) is 2. The maximum Gasteiger partial charge on any atom is 0.274 e. The van der Waals surface area contributed by atoms with Gasteiger partial charge in [0.15, 0.2) is 11.5 Å². The Morgan fingerprint density at radius 1 is 1.25 bits per heavy atom. The lowest BCUT2D eigenvalue weighted by Crippen LogP contribution is -2.27. The molecule has 3 rings (SSSR count). The lowest BCUT2D eigenvalue weighted by Gasteiger charge is -2.14. The Balaban J connectivity index is 2.13. The van der Waals surface area contributed by atoms with E-state index in [4.69, 9.17) is 9.47 Å². The minimum Gasteiger partial charge on any atom is -0.383 e. The van der Waals surface area contributed by atoms with Gasteiger partial charge in [-0.05, 0) is 31.5 Å². The number of rotatable bonds is 11. The molecule has 3 aromatic heterocycles. The zero-order chi connectivity index (χ0) is 23.1. The van der Waals surface area contributed by atoms with E-state index in [9.17, 15) is 4.79 Å². The SMILES string of the molecule is CCOCCn1nc(C(=O)NCCOC)c2nc(N(C)C)nc(Nc3cc(C)ccn3)c21. The molecule has 0 bridgehead atoms. The maximum absolute atomic E-state index is 12.9. The largest absolute Gasteiger partial charge is 0.383 e. The molecule has 2 N–H and O–H groups in total. The topological polar surface area (TPSA) is 119 Å². The van der Waals surface area contributed by atoms with Gasteiger partial charge in [0.25, 0.3) is 5.91 Å². The molecule has 11 heteroatoms. The van der Waals surface area contributed by atoms with Gasteiger partial charge in [-0.15, -0.1) is 0 Å². The van der Waals surface area contributed by atoms with Crippen LogP contribution in [0, 0.1) is 6.92 Å². The summed E-state index contributed by atoms with van der Waals surface area (Å²) >= 11 is 0. The van der Waals surface area contributed by atoms with Gasteiger partial charge in [0, 0.05) is 40.6 Å². The maximum atomic E-state index is 12.9. The molecule has 0 aliphatic rings. The standard InChI is InChI=1S/C21H30N8O3/c1-6-32-12-10-29-18-16(17(27-29)20(30)23-9-11-31-5)25-21(28(3)4)26-19(18)24-15-13-14(2)7-8-22-15/h7-8,13H,6,9-12H2,1-5H3,(H,23,30)(H,22,24,25,26). The molecule has 0 aliphatic heterocycles. The highest BCUT2D eigenvalue weighted by atomic mass is 16.5. The third-order valence-electron chi connectivity index (χ3n) is 4.60. The van der Waals surface area contributed by atoms with Gasteiger partial charge in [-0.2, -0.15) is 10.1 Å². The molecular formula is C21H30N8O3. The highest BCUT2D eigenvalue weighted by molar-refractivity contribution is 6.06. The van der Waals surface area contributed by atoms with Gasteiger partial charge in [0.2, 0.25) is 5.95 Å². The number of fused-ring (bicyclic) bond motifs is 1. The van der Waals surface area contributed by atoms with Gasteiger partial charge < -0.3 is 25.0 Å². The quantitative estimate of drug-likeness (QED) is 0.428. The molecule has 0 spiro atoms. The number of nitrogens with zero attached hydrogens (tertiary/aromatic N) is 6. The number of methoxy groups -OCH3 is 1. The van der Waals surface area contributed by atoms with Crippen LogP contribution in [0.5, 0.6) is 0 Å². The summed E-state index contributed by atoms with van der Waals surface area (Å²) < 4.78 is 12.2. The van der Waals surface area contributed by atoms with Gasteiger partial charge >= 0.3 is 0 Å². The van der Waals surface area contributed by atoms with Crippen molar-refractivity contribution in [2.24, 2.45) is 0 Å². The van der Waals surface area contributed by atoms with Crippen molar-refractivity contribution < 1.29 is 14.3 Å². The van der Waals surface area contributed by atoms with Crippen LogP contribution < -0.4 is 15.5 Å². The second-order valence-corrected chi connectivity index (χ2v) is 7.32. The first-order valence-electron chi connectivity index (χ1n) is 10.4. The summed E-state index contributed by atoms with van der Waals surface area (Å²) in [5.41, 5.74) is 2.34. The third-order valence-corrected chi connectivity index (χ3v) is 4.60. The number of carbonyl (C=O) groups excluding carboxylic acids is 1. The van der Waals surface area contributed by atoms with Crippen LogP contribution in [-0.4, -0.2) is 78.2 Å². The Hall–Kier alpha value is -3.31. The first-order chi connectivity index (χ1) is 15.4. The smallest absolute Gasteiger partial charge is 0.274 e. The third kappa shape index (κ3) is 5.48.